The van der Waals surface area contributed by atoms with Gasteiger partial charge in [0.25, 0.3) is 0 Å². The first-order valence-electron chi connectivity index (χ1n) is 3.67. The zero-order valence-corrected chi connectivity index (χ0v) is 7.67. The standard InChI is InChI=1S/C9H15NO2/c1-5-6-10(3)7-8(2)9(11)12-4/h5H,1-2,6-7H2,3-4H3. The molecular weight excluding hydrogens is 154 g/mol. The molecule has 0 unspecified atom stereocenters. The molecule has 0 radical (unpaired) electrons. The van der Waals surface area contributed by atoms with Crippen molar-refractivity contribution < 1.29 is 9.53 Å². The third kappa shape index (κ3) is 3.93. The Morgan fingerprint density at radius 2 is 2.25 bits per heavy atom. The summed E-state index contributed by atoms with van der Waals surface area (Å²) in [6.45, 7) is 8.43. The molecule has 0 aliphatic heterocycles. The molecule has 0 saturated carbocycles. The van der Waals surface area contributed by atoms with Crippen LogP contribution >= 0.6 is 0 Å². The molecule has 0 aliphatic rings. The summed E-state index contributed by atoms with van der Waals surface area (Å²) in [5.74, 6) is -0.356. The number of ether oxygens (including phenoxy) is 1. The molecule has 0 aliphatic carbocycles. The van der Waals surface area contributed by atoms with Crippen LogP contribution in [0.15, 0.2) is 24.8 Å². The third-order valence-corrected chi connectivity index (χ3v) is 1.38. The number of esters is 1. The summed E-state index contributed by atoms with van der Waals surface area (Å²) in [5, 5.41) is 0. The van der Waals surface area contributed by atoms with Crippen LogP contribution in [0.5, 0.6) is 0 Å². The zero-order chi connectivity index (χ0) is 9.56. The lowest BCUT2D eigenvalue weighted by molar-refractivity contribution is -0.136. The molecule has 12 heavy (non-hydrogen) atoms. The molecule has 0 spiro atoms. The van der Waals surface area contributed by atoms with Gasteiger partial charge in [-0.05, 0) is 7.05 Å². The van der Waals surface area contributed by atoms with Gasteiger partial charge in [-0.2, -0.15) is 0 Å². The second kappa shape index (κ2) is 5.55. The van der Waals surface area contributed by atoms with Crippen molar-refractivity contribution in [2.45, 2.75) is 0 Å². The summed E-state index contributed by atoms with van der Waals surface area (Å²) in [4.78, 5) is 12.8. The highest BCUT2D eigenvalue weighted by molar-refractivity contribution is 5.87. The largest absolute Gasteiger partial charge is 0.466 e. The number of nitrogens with zero attached hydrogens (tertiary/aromatic N) is 1. The van der Waals surface area contributed by atoms with Crippen LogP contribution in [-0.2, 0) is 9.53 Å². The van der Waals surface area contributed by atoms with Crippen molar-refractivity contribution >= 4 is 5.97 Å². The Morgan fingerprint density at radius 1 is 1.67 bits per heavy atom. The molecule has 0 saturated heterocycles. The summed E-state index contributed by atoms with van der Waals surface area (Å²) in [7, 11) is 3.23. The van der Waals surface area contributed by atoms with Crippen LogP contribution in [0.1, 0.15) is 0 Å². The molecule has 0 aromatic rings. The van der Waals surface area contributed by atoms with Crippen molar-refractivity contribution in [3.8, 4) is 0 Å². The molecule has 0 rings (SSSR count). The minimum Gasteiger partial charge on any atom is -0.466 e. The number of hydrogen-bond donors (Lipinski definition) is 0. The minimum atomic E-state index is -0.356. The number of rotatable bonds is 5. The van der Waals surface area contributed by atoms with Gasteiger partial charge < -0.3 is 4.74 Å². The van der Waals surface area contributed by atoms with Crippen molar-refractivity contribution in [1.82, 2.24) is 4.90 Å². The molecule has 0 atom stereocenters. The van der Waals surface area contributed by atoms with Crippen LogP contribution in [0.4, 0.5) is 0 Å². The second-order valence-corrected chi connectivity index (χ2v) is 2.58. The van der Waals surface area contributed by atoms with Gasteiger partial charge in [0.1, 0.15) is 0 Å². The average Bonchev–Trinajstić information content (AvgIpc) is 2.03. The Kier molecular flexibility index (Phi) is 5.04. The third-order valence-electron chi connectivity index (χ3n) is 1.38. The van der Waals surface area contributed by atoms with Crippen LogP contribution in [0.25, 0.3) is 0 Å². The predicted octanol–water partition coefficient (Wildman–Crippen LogP) is 0.833. The van der Waals surface area contributed by atoms with E-state index in [1.54, 1.807) is 6.08 Å². The van der Waals surface area contributed by atoms with Crippen molar-refractivity contribution in [3.05, 3.63) is 24.8 Å². The molecular formula is C9H15NO2. The van der Waals surface area contributed by atoms with Gasteiger partial charge >= 0.3 is 5.97 Å². The summed E-state index contributed by atoms with van der Waals surface area (Å²) >= 11 is 0. The van der Waals surface area contributed by atoms with Crippen LogP contribution < -0.4 is 0 Å². The van der Waals surface area contributed by atoms with Crippen LogP contribution in [-0.4, -0.2) is 38.1 Å². The smallest absolute Gasteiger partial charge is 0.334 e. The average molecular weight is 169 g/mol. The highest BCUT2D eigenvalue weighted by atomic mass is 16.5. The SMILES string of the molecule is C=CCN(C)CC(=C)C(=O)OC. The molecule has 0 bridgehead atoms. The van der Waals surface area contributed by atoms with E-state index in [4.69, 9.17) is 0 Å². The first-order chi connectivity index (χ1) is 5.61. The monoisotopic (exact) mass is 169 g/mol. The summed E-state index contributed by atoms with van der Waals surface area (Å²) in [6, 6.07) is 0. The zero-order valence-electron chi connectivity index (χ0n) is 7.67. The normalized spacial score (nSPS) is 9.58. The Morgan fingerprint density at radius 3 is 2.67 bits per heavy atom. The Labute approximate surface area is 73.3 Å². The van der Waals surface area contributed by atoms with Crippen LogP contribution in [0.3, 0.4) is 0 Å². The van der Waals surface area contributed by atoms with Gasteiger partial charge in [-0.3, -0.25) is 4.90 Å². The Hall–Kier alpha value is -1.09. The van der Waals surface area contributed by atoms with Crippen molar-refractivity contribution in [1.29, 1.82) is 0 Å². The van der Waals surface area contributed by atoms with Crippen LogP contribution in [0.2, 0.25) is 0 Å². The summed E-state index contributed by atoms with van der Waals surface area (Å²) < 4.78 is 4.50. The molecule has 0 fully saturated rings. The molecule has 0 aromatic carbocycles. The number of likely N-dealkylation sites (N-methyl/N-ethyl adjacent to an activating group) is 1. The molecule has 3 heteroatoms. The van der Waals surface area contributed by atoms with E-state index in [1.807, 2.05) is 11.9 Å². The van der Waals surface area contributed by atoms with Crippen molar-refractivity contribution in [2.75, 3.05) is 27.2 Å². The topological polar surface area (TPSA) is 29.5 Å². The van der Waals surface area contributed by atoms with Crippen molar-refractivity contribution in [3.63, 3.8) is 0 Å². The van der Waals surface area contributed by atoms with Crippen LogP contribution in [0, 0.1) is 0 Å². The van der Waals surface area contributed by atoms with Gasteiger partial charge in [-0.15, -0.1) is 6.58 Å². The molecule has 0 N–H and O–H groups in total. The lowest BCUT2D eigenvalue weighted by Crippen LogP contribution is -2.24. The lowest BCUT2D eigenvalue weighted by atomic mass is 10.3. The van der Waals surface area contributed by atoms with E-state index in [-0.39, 0.29) is 5.97 Å². The van der Waals surface area contributed by atoms with E-state index in [0.29, 0.717) is 12.1 Å². The van der Waals surface area contributed by atoms with E-state index in [0.717, 1.165) is 6.54 Å². The Bertz CT molecular complexity index is 187. The van der Waals surface area contributed by atoms with Gasteiger partial charge in [0.15, 0.2) is 0 Å². The number of hydrogen-bond acceptors (Lipinski definition) is 3. The summed E-state index contributed by atoms with van der Waals surface area (Å²) in [5.41, 5.74) is 0.460. The number of methoxy groups -OCH3 is 1. The fourth-order valence-corrected chi connectivity index (χ4v) is 0.820. The van der Waals surface area contributed by atoms with E-state index < -0.39 is 0 Å². The van der Waals surface area contributed by atoms with Gasteiger partial charge in [-0.1, -0.05) is 12.7 Å². The van der Waals surface area contributed by atoms with E-state index >= 15 is 0 Å². The van der Waals surface area contributed by atoms with Gasteiger partial charge in [0, 0.05) is 18.7 Å². The maximum Gasteiger partial charge on any atom is 0.334 e. The van der Waals surface area contributed by atoms with E-state index in [1.165, 1.54) is 7.11 Å². The first-order valence-corrected chi connectivity index (χ1v) is 3.67. The molecule has 68 valence electrons. The Balaban J connectivity index is 3.83. The van der Waals surface area contributed by atoms with E-state index in [2.05, 4.69) is 17.9 Å². The highest BCUT2D eigenvalue weighted by Crippen LogP contribution is 1.96. The predicted molar refractivity (Wildman–Crippen MR) is 48.9 cm³/mol. The maximum absolute atomic E-state index is 10.9. The minimum absolute atomic E-state index is 0.356. The molecule has 0 aromatic heterocycles. The molecule has 3 nitrogen and oxygen atoms in total. The fraction of sp³-hybridized carbons (Fsp3) is 0.444. The second-order valence-electron chi connectivity index (χ2n) is 2.58. The summed E-state index contributed by atoms with van der Waals surface area (Å²) in [6.07, 6.45) is 1.77. The van der Waals surface area contributed by atoms with Gasteiger partial charge in [0.2, 0.25) is 0 Å². The number of carbonyl (C=O) groups is 1. The quantitative estimate of drug-likeness (QED) is 0.347. The van der Waals surface area contributed by atoms with Gasteiger partial charge in [0.05, 0.1) is 7.11 Å². The first kappa shape index (κ1) is 10.9. The lowest BCUT2D eigenvalue weighted by Gasteiger charge is -2.14. The fourth-order valence-electron chi connectivity index (χ4n) is 0.820. The van der Waals surface area contributed by atoms with E-state index in [9.17, 15) is 4.79 Å². The van der Waals surface area contributed by atoms with Gasteiger partial charge in [-0.25, -0.2) is 4.79 Å². The van der Waals surface area contributed by atoms with Crippen molar-refractivity contribution in [2.24, 2.45) is 0 Å². The maximum atomic E-state index is 10.9. The molecule has 0 heterocycles. The molecule has 0 amide bonds. The highest BCUT2D eigenvalue weighted by Gasteiger charge is 2.07. The number of carbonyl (C=O) groups excluding carboxylic acids is 1.